The summed E-state index contributed by atoms with van der Waals surface area (Å²) in [5.74, 6) is 0.697. The van der Waals surface area contributed by atoms with Crippen molar-refractivity contribution in [2.75, 3.05) is 0 Å². The molecule has 0 heteroatoms. The largest absolute Gasteiger partial charge is 0.0914 e. The zero-order valence-corrected chi connectivity index (χ0v) is 7.94. The molecule has 60 valence electrons. The van der Waals surface area contributed by atoms with Crippen LogP contribution in [-0.4, -0.2) is 0 Å². The lowest BCUT2D eigenvalue weighted by molar-refractivity contribution is 0.266. The van der Waals surface area contributed by atoms with Crippen molar-refractivity contribution in [2.45, 2.75) is 41.0 Å². The molecule has 0 nitrogen and oxygen atoms in total. The van der Waals surface area contributed by atoms with Crippen LogP contribution in [0, 0.1) is 11.3 Å². The van der Waals surface area contributed by atoms with Gasteiger partial charge in [0.25, 0.3) is 0 Å². The van der Waals surface area contributed by atoms with Gasteiger partial charge < -0.3 is 0 Å². The maximum Gasteiger partial charge on any atom is -0.0211 e. The summed E-state index contributed by atoms with van der Waals surface area (Å²) >= 11 is 0. The van der Waals surface area contributed by atoms with Crippen LogP contribution in [0.15, 0.2) is 12.2 Å². The maximum absolute atomic E-state index is 2.32. The van der Waals surface area contributed by atoms with Crippen molar-refractivity contribution in [3.8, 4) is 0 Å². The Morgan fingerprint density at radius 1 is 1.40 bits per heavy atom. The summed E-state index contributed by atoms with van der Waals surface area (Å²) in [6.07, 6.45) is 5.67. The first kappa shape index (κ1) is 9.74. The van der Waals surface area contributed by atoms with Gasteiger partial charge in [-0.15, -0.1) is 0 Å². The van der Waals surface area contributed by atoms with Crippen LogP contribution in [0.5, 0.6) is 0 Å². The van der Waals surface area contributed by atoms with Crippen molar-refractivity contribution < 1.29 is 0 Å². The minimum atomic E-state index is 0.465. The van der Waals surface area contributed by atoms with Crippen molar-refractivity contribution in [1.29, 1.82) is 0 Å². The molecule has 0 aliphatic heterocycles. The molecule has 0 aromatic heterocycles. The molecule has 0 radical (unpaired) electrons. The average Bonchev–Trinajstić information content (AvgIpc) is 1.89. The van der Waals surface area contributed by atoms with Gasteiger partial charge in [0, 0.05) is 0 Å². The standard InChI is InChI=1S/C10H20/c1-6-8-9(3)10(4,5)7-2/h6,8-9H,7H2,1-5H3. The Hall–Kier alpha value is -0.260. The average molecular weight is 140 g/mol. The molecule has 0 fully saturated rings. The third kappa shape index (κ3) is 2.55. The molecular formula is C10H20. The van der Waals surface area contributed by atoms with Crippen LogP contribution in [0.25, 0.3) is 0 Å². The Kier molecular flexibility index (Phi) is 3.70. The van der Waals surface area contributed by atoms with Crippen LogP contribution in [0.3, 0.4) is 0 Å². The summed E-state index contributed by atoms with van der Waals surface area (Å²) in [7, 11) is 0. The molecule has 0 aromatic carbocycles. The van der Waals surface area contributed by atoms with Crippen LogP contribution >= 0.6 is 0 Å². The number of hydrogen-bond acceptors (Lipinski definition) is 0. The number of allylic oxidation sites excluding steroid dienone is 2. The smallest absolute Gasteiger partial charge is 0.0211 e. The summed E-state index contributed by atoms with van der Waals surface area (Å²) in [5, 5.41) is 0. The third-order valence-electron chi connectivity index (χ3n) is 2.63. The molecule has 0 rings (SSSR count). The van der Waals surface area contributed by atoms with Crippen LogP contribution in [0.2, 0.25) is 0 Å². The second-order valence-electron chi connectivity index (χ2n) is 3.66. The van der Waals surface area contributed by atoms with Gasteiger partial charge in [0.1, 0.15) is 0 Å². The van der Waals surface area contributed by atoms with Crippen LogP contribution in [-0.2, 0) is 0 Å². The fourth-order valence-corrected chi connectivity index (χ4v) is 0.871. The highest BCUT2D eigenvalue weighted by Gasteiger charge is 2.20. The Morgan fingerprint density at radius 3 is 2.20 bits per heavy atom. The molecule has 10 heavy (non-hydrogen) atoms. The molecule has 0 aliphatic rings. The van der Waals surface area contributed by atoms with E-state index in [1.807, 2.05) is 0 Å². The molecule has 0 amide bonds. The van der Waals surface area contributed by atoms with E-state index in [4.69, 9.17) is 0 Å². The fourth-order valence-electron chi connectivity index (χ4n) is 0.871. The Labute approximate surface area is 65.3 Å². The molecule has 1 unspecified atom stereocenters. The molecule has 0 N–H and O–H groups in total. The van der Waals surface area contributed by atoms with Crippen molar-refractivity contribution in [1.82, 2.24) is 0 Å². The zero-order chi connectivity index (χ0) is 8.20. The molecule has 0 saturated carbocycles. The highest BCUT2D eigenvalue weighted by Crippen LogP contribution is 2.30. The highest BCUT2D eigenvalue weighted by atomic mass is 14.3. The second kappa shape index (κ2) is 3.80. The predicted molar refractivity (Wildman–Crippen MR) is 48.1 cm³/mol. The molecule has 0 aromatic rings. The van der Waals surface area contributed by atoms with E-state index in [1.54, 1.807) is 0 Å². The van der Waals surface area contributed by atoms with Crippen molar-refractivity contribution in [3.63, 3.8) is 0 Å². The number of rotatable bonds is 3. The molecule has 1 atom stereocenters. The van der Waals surface area contributed by atoms with Crippen LogP contribution in [0.4, 0.5) is 0 Å². The molecule has 0 saturated heterocycles. The lowest BCUT2D eigenvalue weighted by atomic mass is 9.78. The Bertz CT molecular complexity index is 109. The van der Waals surface area contributed by atoms with E-state index in [9.17, 15) is 0 Å². The minimum Gasteiger partial charge on any atom is -0.0914 e. The van der Waals surface area contributed by atoms with Gasteiger partial charge in [0.05, 0.1) is 0 Å². The molecule has 0 heterocycles. The monoisotopic (exact) mass is 140 g/mol. The van der Waals surface area contributed by atoms with Gasteiger partial charge in [-0.1, -0.05) is 46.3 Å². The maximum atomic E-state index is 2.32. The first-order chi connectivity index (χ1) is 4.54. The second-order valence-corrected chi connectivity index (χ2v) is 3.66. The summed E-state index contributed by atoms with van der Waals surface area (Å²) in [5.41, 5.74) is 0.465. The lowest BCUT2D eigenvalue weighted by Crippen LogP contribution is -2.18. The fraction of sp³-hybridized carbons (Fsp3) is 0.800. The topological polar surface area (TPSA) is 0 Å². The molecule has 0 aliphatic carbocycles. The van der Waals surface area contributed by atoms with Gasteiger partial charge in [0.2, 0.25) is 0 Å². The van der Waals surface area contributed by atoms with E-state index < -0.39 is 0 Å². The van der Waals surface area contributed by atoms with Gasteiger partial charge in [-0.25, -0.2) is 0 Å². The van der Waals surface area contributed by atoms with Gasteiger partial charge >= 0.3 is 0 Å². The van der Waals surface area contributed by atoms with E-state index in [0.29, 0.717) is 11.3 Å². The number of hydrogen-bond donors (Lipinski definition) is 0. The highest BCUT2D eigenvalue weighted by molar-refractivity contribution is 4.90. The summed E-state index contributed by atoms with van der Waals surface area (Å²) < 4.78 is 0. The third-order valence-corrected chi connectivity index (χ3v) is 2.63. The molecule has 0 spiro atoms. The lowest BCUT2D eigenvalue weighted by Gasteiger charge is -2.28. The van der Waals surface area contributed by atoms with Gasteiger partial charge in [-0.3, -0.25) is 0 Å². The summed E-state index contributed by atoms with van der Waals surface area (Å²) in [6, 6.07) is 0. The van der Waals surface area contributed by atoms with Crippen molar-refractivity contribution in [3.05, 3.63) is 12.2 Å². The van der Waals surface area contributed by atoms with Gasteiger partial charge in [0.15, 0.2) is 0 Å². The Balaban J connectivity index is 4.03. The Morgan fingerprint density at radius 2 is 1.90 bits per heavy atom. The normalized spacial score (nSPS) is 16.1. The van der Waals surface area contributed by atoms with E-state index in [-0.39, 0.29) is 0 Å². The summed E-state index contributed by atoms with van der Waals surface area (Å²) in [6.45, 7) is 11.3. The zero-order valence-electron chi connectivity index (χ0n) is 7.94. The van der Waals surface area contributed by atoms with Crippen molar-refractivity contribution >= 4 is 0 Å². The first-order valence-corrected chi connectivity index (χ1v) is 4.17. The van der Waals surface area contributed by atoms with Crippen molar-refractivity contribution in [2.24, 2.45) is 11.3 Å². The molecule has 0 bridgehead atoms. The van der Waals surface area contributed by atoms with Gasteiger partial charge in [-0.05, 0) is 18.3 Å². The quantitative estimate of drug-likeness (QED) is 0.525. The summed E-state index contributed by atoms with van der Waals surface area (Å²) in [4.78, 5) is 0. The van der Waals surface area contributed by atoms with Gasteiger partial charge in [-0.2, -0.15) is 0 Å². The van der Waals surface area contributed by atoms with E-state index in [1.165, 1.54) is 6.42 Å². The first-order valence-electron chi connectivity index (χ1n) is 4.17. The SMILES string of the molecule is CC=CC(C)C(C)(C)CC. The minimum absolute atomic E-state index is 0.465. The van der Waals surface area contributed by atoms with E-state index in [2.05, 4.69) is 46.8 Å². The van der Waals surface area contributed by atoms with Crippen LogP contribution in [0.1, 0.15) is 41.0 Å². The molecular weight excluding hydrogens is 120 g/mol. The van der Waals surface area contributed by atoms with E-state index >= 15 is 0 Å². The van der Waals surface area contributed by atoms with E-state index in [0.717, 1.165) is 0 Å². The van der Waals surface area contributed by atoms with Crippen LogP contribution < -0.4 is 0 Å². The predicted octanol–water partition coefficient (Wildman–Crippen LogP) is 3.63.